The summed E-state index contributed by atoms with van der Waals surface area (Å²) in [5.74, 6) is 0.784. The number of carbonyl (C=O) groups is 1. The molecular formula is C19H16OS. The SMILES string of the molecule is O=C(CSc1ccc2ccccc2c1)Cc1ccccc1. The molecule has 3 aromatic rings. The lowest BCUT2D eigenvalue weighted by atomic mass is 10.1. The van der Waals surface area contributed by atoms with Crippen molar-refractivity contribution in [2.24, 2.45) is 0 Å². The van der Waals surface area contributed by atoms with E-state index < -0.39 is 0 Å². The van der Waals surface area contributed by atoms with Gasteiger partial charge in [-0.05, 0) is 28.5 Å². The van der Waals surface area contributed by atoms with Gasteiger partial charge in [0.2, 0.25) is 0 Å². The first kappa shape index (κ1) is 13.9. The third kappa shape index (κ3) is 3.73. The topological polar surface area (TPSA) is 17.1 Å². The predicted octanol–water partition coefficient (Wildman–Crippen LogP) is 4.74. The summed E-state index contributed by atoms with van der Waals surface area (Å²) >= 11 is 1.61. The number of fused-ring (bicyclic) bond motifs is 1. The quantitative estimate of drug-likeness (QED) is 0.632. The van der Waals surface area contributed by atoms with Crippen LogP contribution in [-0.4, -0.2) is 11.5 Å². The summed E-state index contributed by atoms with van der Waals surface area (Å²) in [4.78, 5) is 13.2. The van der Waals surface area contributed by atoms with Gasteiger partial charge in [-0.15, -0.1) is 11.8 Å². The third-order valence-electron chi connectivity index (χ3n) is 3.36. The Morgan fingerprint density at radius 2 is 1.52 bits per heavy atom. The third-order valence-corrected chi connectivity index (χ3v) is 4.42. The van der Waals surface area contributed by atoms with E-state index in [0.717, 1.165) is 10.5 Å². The van der Waals surface area contributed by atoms with E-state index >= 15 is 0 Å². The predicted molar refractivity (Wildman–Crippen MR) is 89.8 cm³/mol. The molecule has 3 aromatic carbocycles. The molecule has 0 N–H and O–H groups in total. The van der Waals surface area contributed by atoms with Gasteiger partial charge in [-0.1, -0.05) is 60.7 Å². The van der Waals surface area contributed by atoms with Crippen molar-refractivity contribution in [2.45, 2.75) is 11.3 Å². The number of hydrogen-bond donors (Lipinski definition) is 0. The minimum atomic E-state index is 0.263. The molecule has 3 rings (SSSR count). The van der Waals surface area contributed by atoms with Crippen LogP contribution in [0.3, 0.4) is 0 Å². The lowest BCUT2D eigenvalue weighted by Crippen LogP contribution is -2.05. The minimum absolute atomic E-state index is 0.263. The number of benzene rings is 3. The van der Waals surface area contributed by atoms with E-state index in [4.69, 9.17) is 0 Å². The average molecular weight is 292 g/mol. The molecule has 0 saturated heterocycles. The van der Waals surface area contributed by atoms with E-state index in [0.29, 0.717) is 12.2 Å². The van der Waals surface area contributed by atoms with Gasteiger partial charge in [0.05, 0.1) is 5.75 Å². The van der Waals surface area contributed by atoms with Crippen molar-refractivity contribution < 1.29 is 4.79 Å². The maximum absolute atomic E-state index is 12.0. The Kier molecular flexibility index (Phi) is 4.37. The zero-order valence-corrected chi connectivity index (χ0v) is 12.5. The van der Waals surface area contributed by atoms with E-state index in [2.05, 4.69) is 30.3 Å². The second-order valence-corrected chi connectivity index (χ2v) is 6.05. The Balaban J connectivity index is 1.62. The van der Waals surface area contributed by atoms with Crippen LogP contribution < -0.4 is 0 Å². The van der Waals surface area contributed by atoms with Gasteiger partial charge < -0.3 is 0 Å². The highest BCUT2D eigenvalue weighted by molar-refractivity contribution is 8.00. The zero-order chi connectivity index (χ0) is 14.5. The fraction of sp³-hybridized carbons (Fsp3) is 0.105. The maximum Gasteiger partial charge on any atom is 0.147 e. The molecular weight excluding hydrogens is 276 g/mol. The van der Waals surface area contributed by atoms with Crippen LogP contribution >= 0.6 is 11.8 Å². The lowest BCUT2D eigenvalue weighted by Gasteiger charge is -2.04. The summed E-state index contributed by atoms with van der Waals surface area (Å²) in [6.45, 7) is 0. The molecule has 0 atom stereocenters. The molecule has 104 valence electrons. The molecule has 0 radical (unpaired) electrons. The molecule has 0 saturated carbocycles. The van der Waals surface area contributed by atoms with Gasteiger partial charge in [0.15, 0.2) is 0 Å². The average Bonchev–Trinajstić information content (AvgIpc) is 2.54. The van der Waals surface area contributed by atoms with Crippen molar-refractivity contribution in [3.8, 4) is 0 Å². The van der Waals surface area contributed by atoms with Crippen molar-refractivity contribution in [1.29, 1.82) is 0 Å². The summed E-state index contributed by atoms with van der Waals surface area (Å²) in [7, 11) is 0. The molecule has 0 aromatic heterocycles. The monoisotopic (exact) mass is 292 g/mol. The molecule has 0 amide bonds. The summed E-state index contributed by atoms with van der Waals surface area (Å²) in [6, 6.07) is 24.5. The number of thioether (sulfide) groups is 1. The summed E-state index contributed by atoms with van der Waals surface area (Å²) < 4.78 is 0. The van der Waals surface area contributed by atoms with E-state index in [1.165, 1.54) is 10.8 Å². The maximum atomic E-state index is 12.0. The number of hydrogen-bond acceptors (Lipinski definition) is 2. The van der Waals surface area contributed by atoms with Crippen molar-refractivity contribution in [2.75, 3.05) is 5.75 Å². The summed E-state index contributed by atoms with van der Waals surface area (Å²) in [5.41, 5.74) is 1.08. The number of rotatable bonds is 5. The Bertz CT molecular complexity index is 750. The van der Waals surface area contributed by atoms with Crippen LogP contribution in [0.5, 0.6) is 0 Å². The van der Waals surface area contributed by atoms with Crippen LogP contribution in [0.4, 0.5) is 0 Å². The highest BCUT2D eigenvalue weighted by Crippen LogP contribution is 2.23. The molecule has 0 aliphatic carbocycles. The molecule has 0 heterocycles. The van der Waals surface area contributed by atoms with Crippen LogP contribution in [0.2, 0.25) is 0 Å². The molecule has 0 aliphatic heterocycles. The van der Waals surface area contributed by atoms with Crippen molar-refractivity contribution in [1.82, 2.24) is 0 Å². The highest BCUT2D eigenvalue weighted by atomic mass is 32.2. The number of ketones is 1. The second kappa shape index (κ2) is 6.59. The first-order valence-electron chi connectivity index (χ1n) is 6.98. The number of Topliss-reactive ketones (excluding diaryl/α,β-unsaturated/α-hetero) is 1. The van der Waals surface area contributed by atoms with Gasteiger partial charge in [-0.25, -0.2) is 0 Å². The molecule has 0 aliphatic rings. The Morgan fingerprint density at radius 3 is 2.33 bits per heavy atom. The van der Waals surface area contributed by atoms with Crippen LogP contribution in [-0.2, 0) is 11.2 Å². The molecule has 21 heavy (non-hydrogen) atoms. The molecule has 0 fully saturated rings. The Morgan fingerprint density at radius 1 is 0.810 bits per heavy atom. The fourth-order valence-electron chi connectivity index (χ4n) is 2.30. The van der Waals surface area contributed by atoms with E-state index in [9.17, 15) is 4.79 Å². The van der Waals surface area contributed by atoms with E-state index in [-0.39, 0.29) is 5.78 Å². The van der Waals surface area contributed by atoms with Crippen LogP contribution in [0.25, 0.3) is 10.8 Å². The fourth-order valence-corrected chi connectivity index (χ4v) is 3.10. The Labute approximate surface area is 129 Å². The minimum Gasteiger partial charge on any atom is -0.298 e. The first-order chi connectivity index (χ1) is 10.3. The van der Waals surface area contributed by atoms with Crippen molar-refractivity contribution in [3.63, 3.8) is 0 Å². The van der Waals surface area contributed by atoms with E-state index in [1.54, 1.807) is 11.8 Å². The summed E-state index contributed by atoms with van der Waals surface area (Å²) in [6.07, 6.45) is 0.515. The second-order valence-electron chi connectivity index (χ2n) is 5.00. The largest absolute Gasteiger partial charge is 0.298 e. The van der Waals surface area contributed by atoms with Crippen LogP contribution in [0.15, 0.2) is 77.7 Å². The normalized spacial score (nSPS) is 10.7. The molecule has 0 bridgehead atoms. The molecule has 2 heteroatoms. The van der Waals surface area contributed by atoms with Crippen molar-refractivity contribution >= 4 is 28.3 Å². The molecule has 0 spiro atoms. The Hall–Kier alpha value is -2.06. The van der Waals surface area contributed by atoms with Gasteiger partial charge >= 0.3 is 0 Å². The standard InChI is InChI=1S/C19H16OS/c20-18(12-15-6-2-1-3-7-15)14-21-19-11-10-16-8-4-5-9-17(16)13-19/h1-11,13H,12,14H2. The number of carbonyl (C=O) groups excluding carboxylic acids is 1. The smallest absolute Gasteiger partial charge is 0.147 e. The van der Waals surface area contributed by atoms with E-state index in [1.807, 2.05) is 42.5 Å². The lowest BCUT2D eigenvalue weighted by molar-refractivity contribution is -0.116. The van der Waals surface area contributed by atoms with Gasteiger partial charge in [0, 0.05) is 11.3 Å². The van der Waals surface area contributed by atoms with Crippen LogP contribution in [0, 0.1) is 0 Å². The van der Waals surface area contributed by atoms with Gasteiger partial charge in [-0.3, -0.25) is 4.79 Å². The van der Waals surface area contributed by atoms with Crippen molar-refractivity contribution in [3.05, 3.63) is 78.4 Å². The van der Waals surface area contributed by atoms with Gasteiger partial charge in [0.25, 0.3) is 0 Å². The molecule has 0 unspecified atom stereocenters. The van der Waals surface area contributed by atoms with Gasteiger partial charge in [0.1, 0.15) is 5.78 Å². The van der Waals surface area contributed by atoms with Crippen LogP contribution in [0.1, 0.15) is 5.56 Å². The highest BCUT2D eigenvalue weighted by Gasteiger charge is 2.05. The zero-order valence-electron chi connectivity index (χ0n) is 11.7. The molecule has 1 nitrogen and oxygen atoms in total. The first-order valence-corrected chi connectivity index (χ1v) is 7.97. The summed E-state index contributed by atoms with van der Waals surface area (Å²) in [5, 5.41) is 2.45. The van der Waals surface area contributed by atoms with Gasteiger partial charge in [-0.2, -0.15) is 0 Å².